The summed E-state index contributed by atoms with van der Waals surface area (Å²) in [6.45, 7) is 6.59. The topological polar surface area (TPSA) is 46.9 Å². The lowest BCUT2D eigenvalue weighted by Gasteiger charge is -2.14. The summed E-state index contributed by atoms with van der Waals surface area (Å²) in [5, 5.41) is 12.7. The van der Waals surface area contributed by atoms with Gasteiger partial charge in [-0.1, -0.05) is 36.4 Å². The molecule has 0 aliphatic heterocycles. The van der Waals surface area contributed by atoms with Crippen molar-refractivity contribution in [1.29, 1.82) is 0 Å². The van der Waals surface area contributed by atoms with Gasteiger partial charge in [0.05, 0.1) is 16.8 Å². The molecule has 28 heavy (non-hydrogen) atoms. The van der Waals surface area contributed by atoms with Gasteiger partial charge in [-0.05, 0) is 49.2 Å². The molecule has 142 valence electrons. The zero-order chi connectivity index (χ0) is 19.7. The molecule has 2 heterocycles. The van der Waals surface area contributed by atoms with Crippen LogP contribution in [0.2, 0.25) is 0 Å². The summed E-state index contributed by atoms with van der Waals surface area (Å²) in [4.78, 5) is 12.3. The first kappa shape index (κ1) is 18.6. The first-order valence-electron chi connectivity index (χ1n) is 9.39. The van der Waals surface area contributed by atoms with Crippen molar-refractivity contribution in [1.82, 2.24) is 15.1 Å². The van der Waals surface area contributed by atoms with E-state index in [2.05, 4.69) is 66.7 Å². The Labute approximate surface area is 168 Å². The highest BCUT2D eigenvalue weighted by Crippen LogP contribution is 2.26. The van der Waals surface area contributed by atoms with Crippen molar-refractivity contribution in [3.05, 3.63) is 81.8 Å². The number of carbonyl (C=O) groups is 1. The van der Waals surface area contributed by atoms with E-state index in [9.17, 15) is 4.79 Å². The van der Waals surface area contributed by atoms with Gasteiger partial charge in [-0.25, -0.2) is 4.68 Å². The molecule has 0 aliphatic carbocycles. The summed E-state index contributed by atoms with van der Waals surface area (Å²) in [5.74, 6) is 0.122. The van der Waals surface area contributed by atoms with Gasteiger partial charge in [0.25, 0.3) is 0 Å². The molecule has 4 aromatic rings. The van der Waals surface area contributed by atoms with E-state index in [4.69, 9.17) is 0 Å². The molecule has 0 aliphatic rings. The number of nitrogens with zero attached hydrogens (tertiary/aromatic N) is 2. The molecule has 0 saturated carbocycles. The zero-order valence-electron chi connectivity index (χ0n) is 16.3. The van der Waals surface area contributed by atoms with Crippen LogP contribution >= 0.6 is 11.3 Å². The van der Waals surface area contributed by atoms with Crippen molar-refractivity contribution < 1.29 is 4.79 Å². The molecule has 0 bridgehead atoms. The Morgan fingerprint density at radius 2 is 2.00 bits per heavy atom. The van der Waals surface area contributed by atoms with Gasteiger partial charge in [-0.2, -0.15) is 5.10 Å². The quantitative estimate of drug-likeness (QED) is 0.446. The van der Waals surface area contributed by atoms with Crippen molar-refractivity contribution in [2.45, 2.75) is 33.4 Å². The van der Waals surface area contributed by atoms with Crippen molar-refractivity contribution in [2.24, 2.45) is 0 Å². The van der Waals surface area contributed by atoms with E-state index < -0.39 is 0 Å². The van der Waals surface area contributed by atoms with Gasteiger partial charge in [-0.3, -0.25) is 4.79 Å². The van der Waals surface area contributed by atoms with Crippen LogP contribution in [0, 0.1) is 6.92 Å². The van der Waals surface area contributed by atoms with Gasteiger partial charge in [-0.15, -0.1) is 11.3 Å². The lowest BCUT2D eigenvalue weighted by atomic mass is 10.1. The Morgan fingerprint density at radius 1 is 1.21 bits per heavy atom. The summed E-state index contributed by atoms with van der Waals surface area (Å²) in [6, 6.07) is 16.8. The van der Waals surface area contributed by atoms with Gasteiger partial charge < -0.3 is 5.32 Å². The number of ketones is 1. The van der Waals surface area contributed by atoms with Crippen LogP contribution in [0.4, 0.5) is 0 Å². The van der Waals surface area contributed by atoms with Crippen LogP contribution in [0.5, 0.6) is 0 Å². The van der Waals surface area contributed by atoms with Crippen molar-refractivity contribution in [2.75, 3.05) is 0 Å². The molecule has 4 nitrogen and oxygen atoms in total. The maximum atomic E-state index is 11.5. The van der Waals surface area contributed by atoms with Crippen LogP contribution in [0.25, 0.3) is 16.5 Å². The van der Waals surface area contributed by atoms with E-state index in [1.165, 1.54) is 27.7 Å². The molecule has 4 rings (SSSR count). The number of rotatable bonds is 6. The molecule has 1 N–H and O–H groups in total. The number of carbonyl (C=O) groups excluding carboxylic acids is 1. The fraction of sp³-hybridized carbons (Fsp3) is 0.217. The van der Waals surface area contributed by atoms with Crippen molar-refractivity contribution >= 4 is 27.9 Å². The minimum absolute atomic E-state index is 0.122. The first-order valence-corrected chi connectivity index (χ1v) is 10.3. The van der Waals surface area contributed by atoms with Crippen LogP contribution in [0.15, 0.2) is 60.1 Å². The summed E-state index contributed by atoms with van der Waals surface area (Å²) in [5.41, 5.74) is 4.54. The normalized spacial score (nSPS) is 12.4. The minimum atomic E-state index is 0.122. The Hall–Kier alpha value is -2.76. The van der Waals surface area contributed by atoms with Gasteiger partial charge in [0.1, 0.15) is 0 Å². The van der Waals surface area contributed by atoms with Crippen LogP contribution < -0.4 is 5.32 Å². The minimum Gasteiger partial charge on any atom is -0.306 e. The zero-order valence-corrected chi connectivity index (χ0v) is 17.1. The Kier molecular flexibility index (Phi) is 5.11. The molecule has 1 atom stereocenters. The highest BCUT2D eigenvalue weighted by molar-refractivity contribution is 7.12. The summed E-state index contributed by atoms with van der Waals surface area (Å²) < 4.78 is 2.02. The standard InChI is InChI=1S/C23H23N3OS/c1-15(24-12-18-11-23(17(3)27)28-14-18)21-13-25-26(16(21)2)22-10-6-8-19-7-4-5-9-20(19)22/h4-11,13-15,24H,12H2,1-3H3. The molecule has 0 radical (unpaired) electrons. The fourth-order valence-electron chi connectivity index (χ4n) is 3.52. The Morgan fingerprint density at radius 3 is 2.79 bits per heavy atom. The molecule has 2 aromatic carbocycles. The van der Waals surface area contributed by atoms with Crippen molar-refractivity contribution in [3.8, 4) is 5.69 Å². The number of benzene rings is 2. The predicted octanol–water partition coefficient (Wildman–Crippen LogP) is 5.45. The monoisotopic (exact) mass is 389 g/mol. The van der Waals surface area contributed by atoms with Gasteiger partial charge in [0.2, 0.25) is 0 Å². The molecule has 5 heteroatoms. The molecule has 0 amide bonds. The molecular weight excluding hydrogens is 366 g/mol. The number of aromatic nitrogens is 2. The SMILES string of the molecule is CC(=O)c1cc(CNC(C)c2cnn(-c3cccc4ccccc34)c2C)cs1. The second kappa shape index (κ2) is 7.70. The number of hydrogen-bond donors (Lipinski definition) is 1. The molecule has 0 fully saturated rings. The highest BCUT2D eigenvalue weighted by atomic mass is 32.1. The van der Waals surface area contributed by atoms with E-state index in [1.54, 1.807) is 6.92 Å². The van der Waals surface area contributed by atoms with Crippen molar-refractivity contribution in [3.63, 3.8) is 0 Å². The molecular formula is C23H23N3OS. The van der Waals surface area contributed by atoms with Gasteiger partial charge in [0.15, 0.2) is 5.78 Å². The lowest BCUT2D eigenvalue weighted by Crippen LogP contribution is -2.18. The highest BCUT2D eigenvalue weighted by Gasteiger charge is 2.15. The number of hydrogen-bond acceptors (Lipinski definition) is 4. The smallest absolute Gasteiger partial charge is 0.169 e. The second-order valence-electron chi connectivity index (χ2n) is 7.07. The van der Waals surface area contributed by atoms with Crippen LogP contribution in [-0.2, 0) is 6.54 Å². The molecule has 2 aromatic heterocycles. The Balaban J connectivity index is 1.56. The number of fused-ring (bicyclic) bond motifs is 1. The average molecular weight is 390 g/mol. The average Bonchev–Trinajstić information content (AvgIpc) is 3.33. The number of thiophene rings is 1. The third-order valence-electron chi connectivity index (χ3n) is 5.12. The van der Waals surface area contributed by atoms with E-state index in [1.807, 2.05) is 22.3 Å². The van der Waals surface area contributed by atoms with Gasteiger partial charge >= 0.3 is 0 Å². The summed E-state index contributed by atoms with van der Waals surface area (Å²) >= 11 is 1.50. The van der Waals surface area contributed by atoms with E-state index in [0.29, 0.717) is 0 Å². The third kappa shape index (κ3) is 3.51. The van der Waals surface area contributed by atoms with Gasteiger partial charge in [0, 0.05) is 29.2 Å². The fourth-order valence-corrected chi connectivity index (χ4v) is 4.33. The second-order valence-corrected chi connectivity index (χ2v) is 7.98. The van der Waals surface area contributed by atoms with Crippen LogP contribution in [-0.4, -0.2) is 15.6 Å². The summed E-state index contributed by atoms with van der Waals surface area (Å²) in [6.07, 6.45) is 1.95. The maximum absolute atomic E-state index is 11.5. The molecule has 0 saturated heterocycles. The summed E-state index contributed by atoms with van der Waals surface area (Å²) in [7, 11) is 0. The predicted molar refractivity (Wildman–Crippen MR) is 115 cm³/mol. The lowest BCUT2D eigenvalue weighted by molar-refractivity contribution is 0.102. The van der Waals surface area contributed by atoms with Crippen LogP contribution in [0.1, 0.15) is 46.4 Å². The van der Waals surface area contributed by atoms with E-state index in [0.717, 1.165) is 28.4 Å². The first-order chi connectivity index (χ1) is 13.5. The van der Waals surface area contributed by atoms with E-state index in [-0.39, 0.29) is 11.8 Å². The molecule has 1 unspecified atom stereocenters. The largest absolute Gasteiger partial charge is 0.306 e. The Bertz CT molecular complexity index is 1140. The third-order valence-corrected chi connectivity index (χ3v) is 6.20. The van der Waals surface area contributed by atoms with Crippen LogP contribution in [0.3, 0.4) is 0 Å². The number of Topliss-reactive ketones (excluding diaryl/α,β-unsaturated/α-hetero) is 1. The van der Waals surface area contributed by atoms with E-state index >= 15 is 0 Å². The number of nitrogens with one attached hydrogen (secondary N) is 1. The molecule has 0 spiro atoms. The maximum Gasteiger partial charge on any atom is 0.169 e.